The average Bonchev–Trinajstić information content (AvgIpc) is 2.01. The summed E-state index contributed by atoms with van der Waals surface area (Å²) in [7, 11) is -2.83. The summed E-state index contributed by atoms with van der Waals surface area (Å²) < 4.78 is 19.7. The standard InChI is InChI=1S/C7H17O5P/c1-6(8)7(2,3)5-12-13(9,10)11-4/h6,8H,5H2,1-4H3,(H,9,10). The van der Waals surface area contributed by atoms with Crippen LogP contribution in [0.25, 0.3) is 0 Å². The third kappa shape index (κ3) is 4.74. The number of phosphoric acid groups is 1. The van der Waals surface area contributed by atoms with Gasteiger partial charge in [0.05, 0.1) is 12.7 Å². The first-order valence-corrected chi connectivity index (χ1v) is 5.42. The molecule has 0 radical (unpaired) electrons. The lowest BCUT2D eigenvalue weighted by atomic mass is 9.89. The van der Waals surface area contributed by atoms with Crippen LogP contribution >= 0.6 is 7.82 Å². The van der Waals surface area contributed by atoms with Gasteiger partial charge in [-0.05, 0) is 6.92 Å². The van der Waals surface area contributed by atoms with Crippen molar-refractivity contribution in [3.8, 4) is 0 Å². The van der Waals surface area contributed by atoms with Gasteiger partial charge in [-0.3, -0.25) is 9.05 Å². The second-order valence-corrected chi connectivity index (χ2v) is 5.15. The van der Waals surface area contributed by atoms with Crippen LogP contribution < -0.4 is 0 Å². The molecule has 2 unspecified atom stereocenters. The van der Waals surface area contributed by atoms with Gasteiger partial charge < -0.3 is 10.00 Å². The molecule has 2 atom stereocenters. The molecule has 13 heavy (non-hydrogen) atoms. The molecule has 0 aromatic carbocycles. The molecular formula is C7H17O5P. The molecule has 0 saturated heterocycles. The topological polar surface area (TPSA) is 76.0 Å². The van der Waals surface area contributed by atoms with Crippen molar-refractivity contribution in [1.82, 2.24) is 0 Å². The lowest BCUT2D eigenvalue weighted by molar-refractivity contribution is 0.0169. The largest absolute Gasteiger partial charge is 0.471 e. The van der Waals surface area contributed by atoms with Crippen molar-refractivity contribution in [3.63, 3.8) is 0 Å². The second kappa shape index (κ2) is 4.53. The van der Waals surface area contributed by atoms with Gasteiger partial charge in [0.1, 0.15) is 0 Å². The van der Waals surface area contributed by atoms with Gasteiger partial charge in [-0.2, -0.15) is 0 Å². The Labute approximate surface area is 78.3 Å². The average molecular weight is 212 g/mol. The summed E-state index contributed by atoms with van der Waals surface area (Å²) in [5, 5.41) is 9.26. The van der Waals surface area contributed by atoms with Gasteiger partial charge in [-0.25, -0.2) is 4.57 Å². The summed E-state index contributed by atoms with van der Waals surface area (Å²) in [5.41, 5.74) is -0.572. The first kappa shape index (κ1) is 13.1. The van der Waals surface area contributed by atoms with Gasteiger partial charge in [-0.1, -0.05) is 13.8 Å². The van der Waals surface area contributed by atoms with Gasteiger partial charge in [0.25, 0.3) is 0 Å². The van der Waals surface area contributed by atoms with Crippen LogP contribution in [0.15, 0.2) is 0 Å². The molecule has 0 aromatic rings. The smallest absolute Gasteiger partial charge is 0.393 e. The summed E-state index contributed by atoms with van der Waals surface area (Å²) in [4.78, 5) is 8.90. The van der Waals surface area contributed by atoms with Crippen molar-refractivity contribution in [2.45, 2.75) is 26.9 Å². The molecule has 5 nitrogen and oxygen atoms in total. The maximum atomic E-state index is 10.9. The van der Waals surface area contributed by atoms with Crippen molar-refractivity contribution in [3.05, 3.63) is 0 Å². The highest BCUT2D eigenvalue weighted by Crippen LogP contribution is 2.43. The molecule has 0 saturated carbocycles. The second-order valence-electron chi connectivity index (χ2n) is 3.59. The first-order chi connectivity index (χ1) is 5.71. The Morgan fingerprint density at radius 1 is 1.54 bits per heavy atom. The van der Waals surface area contributed by atoms with E-state index in [2.05, 4.69) is 9.05 Å². The molecule has 0 aromatic heterocycles. The number of hydrogen-bond donors (Lipinski definition) is 2. The third-order valence-corrected chi connectivity index (χ3v) is 2.88. The zero-order chi connectivity index (χ0) is 10.7. The van der Waals surface area contributed by atoms with Gasteiger partial charge in [0.2, 0.25) is 0 Å². The van der Waals surface area contributed by atoms with Crippen molar-refractivity contribution in [1.29, 1.82) is 0 Å². The number of hydrogen-bond acceptors (Lipinski definition) is 4. The van der Waals surface area contributed by atoms with Crippen LogP contribution in [0.1, 0.15) is 20.8 Å². The predicted octanol–water partition coefficient (Wildman–Crippen LogP) is 1.16. The van der Waals surface area contributed by atoms with E-state index >= 15 is 0 Å². The molecule has 0 spiro atoms. The maximum Gasteiger partial charge on any atom is 0.471 e. The Morgan fingerprint density at radius 3 is 2.31 bits per heavy atom. The summed E-state index contributed by atoms with van der Waals surface area (Å²) in [6.45, 7) is 5.02. The lowest BCUT2D eigenvalue weighted by Crippen LogP contribution is -2.31. The molecule has 6 heteroatoms. The minimum absolute atomic E-state index is 0.0354. The van der Waals surface area contributed by atoms with E-state index < -0.39 is 19.3 Å². The quantitative estimate of drug-likeness (QED) is 0.668. The molecule has 80 valence electrons. The zero-order valence-corrected chi connectivity index (χ0v) is 9.25. The van der Waals surface area contributed by atoms with E-state index in [4.69, 9.17) is 4.89 Å². The highest BCUT2D eigenvalue weighted by atomic mass is 31.2. The molecule has 0 aliphatic rings. The third-order valence-electron chi connectivity index (χ3n) is 1.96. The van der Waals surface area contributed by atoms with Crippen LogP contribution in [0.5, 0.6) is 0 Å². The van der Waals surface area contributed by atoms with E-state index in [0.29, 0.717) is 0 Å². The maximum absolute atomic E-state index is 10.9. The van der Waals surface area contributed by atoms with Crippen LogP contribution in [0.3, 0.4) is 0 Å². The fourth-order valence-electron chi connectivity index (χ4n) is 0.421. The Bertz CT molecular complexity index is 201. The molecule has 0 rings (SSSR count). The van der Waals surface area contributed by atoms with Gasteiger partial charge in [0, 0.05) is 12.5 Å². The highest BCUT2D eigenvalue weighted by Gasteiger charge is 2.29. The molecule has 2 N–H and O–H groups in total. The zero-order valence-electron chi connectivity index (χ0n) is 8.35. The van der Waals surface area contributed by atoms with Crippen molar-refractivity contribution in [2.24, 2.45) is 5.41 Å². The summed E-state index contributed by atoms with van der Waals surface area (Å²) in [6.07, 6.45) is -0.621. The Kier molecular flexibility index (Phi) is 4.55. The number of aliphatic hydroxyl groups is 1. The minimum atomic E-state index is -3.92. The number of aliphatic hydroxyl groups excluding tert-OH is 1. The SMILES string of the molecule is COP(=O)(O)OCC(C)(C)C(C)O. The van der Waals surface area contributed by atoms with Gasteiger partial charge >= 0.3 is 7.82 Å². The van der Waals surface area contributed by atoms with E-state index in [0.717, 1.165) is 7.11 Å². The molecule has 0 aliphatic heterocycles. The summed E-state index contributed by atoms with van der Waals surface area (Å²) in [6, 6.07) is 0. The van der Waals surface area contributed by atoms with E-state index in [9.17, 15) is 9.67 Å². The van der Waals surface area contributed by atoms with E-state index in [1.807, 2.05) is 0 Å². The summed E-state index contributed by atoms with van der Waals surface area (Å²) >= 11 is 0. The predicted molar refractivity (Wildman–Crippen MR) is 48.2 cm³/mol. The van der Waals surface area contributed by atoms with Crippen LogP contribution in [0, 0.1) is 5.41 Å². The van der Waals surface area contributed by atoms with Crippen molar-refractivity contribution in [2.75, 3.05) is 13.7 Å². The van der Waals surface area contributed by atoms with Crippen LogP contribution in [-0.2, 0) is 13.6 Å². The Morgan fingerprint density at radius 2 is 2.00 bits per heavy atom. The minimum Gasteiger partial charge on any atom is -0.393 e. The van der Waals surface area contributed by atoms with E-state index in [-0.39, 0.29) is 6.61 Å². The van der Waals surface area contributed by atoms with E-state index in [1.165, 1.54) is 0 Å². The van der Waals surface area contributed by atoms with Crippen LogP contribution in [-0.4, -0.2) is 29.8 Å². The number of phosphoric ester groups is 1. The molecular weight excluding hydrogens is 195 g/mol. The van der Waals surface area contributed by atoms with Crippen LogP contribution in [0.2, 0.25) is 0 Å². The van der Waals surface area contributed by atoms with E-state index in [1.54, 1.807) is 20.8 Å². The molecule has 0 bridgehead atoms. The van der Waals surface area contributed by atoms with Gasteiger partial charge in [0.15, 0.2) is 0 Å². The highest BCUT2D eigenvalue weighted by molar-refractivity contribution is 7.47. The Hall–Kier alpha value is 0.0700. The first-order valence-electron chi connectivity index (χ1n) is 3.92. The molecule has 0 aliphatic carbocycles. The Balaban J connectivity index is 4.10. The summed E-state index contributed by atoms with van der Waals surface area (Å²) in [5.74, 6) is 0. The molecule has 0 heterocycles. The molecule has 0 fully saturated rings. The van der Waals surface area contributed by atoms with Gasteiger partial charge in [-0.15, -0.1) is 0 Å². The lowest BCUT2D eigenvalue weighted by Gasteiger charge is -2.27. The fraction of sp³-hybridized carbons (Fsp3) is 1.00. The monoisotopic (exact) mass is 212 g/mol. The fourth-order valence-corrected chi connectivity index (χ4v) is 1.02. The van der Waals surface area contributed by atoms with Crippen molar-refractivity contribution < 1.29 is 23.6 Å². The number of rotatable bonds is 5. The van der Waals surface area contributed by atoms with Crippen LogP contribution in [0.4, 0.5) is 0 Å². The normalized spacial score (nSPS) is 19.5. The van der Waals surface area contributed by atoms with Crippen molar-refractivity contribution >= 4 is 7.82 Å². The molecule has 0 amide bonds.